The lowest BCUT2D eigenvalue weighted by atomic mass is 10.3. The van der Waals surface area contributed by atoms with Crippen molar-refractivity contribution >= 4 is 11.9 Å². The van der Waals surface area contributed by atoms with Crippen LogP contribution in [0, 0.1) is 0 Å². The van der Waals surface area contributed by atoms with Gasteiger partial charge in [0.1, 0.15) is 0 Å². The molecule has 0 spiro atoms. The SMILES string of the molecule is O=C(N[C@H](CO)C(=O)O)c1nn[nH]n1. The number of carbonyl (C=O) groups excluding carboxylic acids is 1. The summed E-state index contributed by atoms with van der Waals surface area (Å²) >= 11 is 0. The summed E-state index contributed by atoms with van der Waals surface area (Å²) < 4.78 is 0. The number of carboxylic acid groups (broad SMARTS) is 1. The fraction of sp³-hybridized carbons (Fsp3) is 0.400. The van der Waals surface area contributed by atoms with Gasteiger partial charge in [0.2, 0.25) is 0 Å². The average Bonchev–Trinajstić information content (AvgIpc) is 2.65. The second kappa shape index (κ2) is 4.28. The molecule has 1 atom stereocenters. The zero-order valence-corrected chi connectivity index (χ0v) is 6.84. The number of nitrogens with zero attached hydrogens (tertiary/aromatic N) is 3. The number of aromatic nitrogens is 4. The number of nitrogens with one attached hydrogen (secondary N) is 2. The Balaban J connectivity index is 2.60. The first-order valence-corrected chi connectivity index (χ1v) is 3.53. The second-order valence-electron chi connectivity index (χ2n) is 2.28. The maximum Gasteiger partial charge on any atom is 0.328 e. The van der Waals surface area contributed by atoms with Gasteiger partial charge in [-0.25, -0.2) is 4.79 Å². The highest BCUT2D eigenvalue weighted by Crippen LogP contribution is 1.87. The smallest absolute Gasteiger partial charge is 0.328 e. The lowest BCUT2D eigenvalue weighted by molar-refractivity contribution is -0.140. The van der Waals surface area contributed by atoms with E-state index < -0.39 is 24.5 Å². The van der Waals surface area contributed by atoms with Gasteiger partial charge in [-0.3, -0.25) is 4.79 Å². The Kier molecular flexibility index (Phi) is 3.07. The molecule has 0 aliphatic carbocycles. The van der Waals surface area contributed by atoms with Gasteiger partial charge in [-0.2, -0.15) is 5.21 Å². The van der Waals surface area contributed by atoms with Crippen LogP contribution in [0.1, 0.15) is 10.6 Å². The molecule has 0 saturated heterocycles. The minimum absolute atomic E-state index is 0.287. The predicted octanol–water partition coefficient (Wildman–Crippen LogP) is -2.62. The molecule has 4 N–H and O–H groups in total. The number of carboxylic acids is 1. The molecular formula is C5H7N5O4. The van der Waals surface area contributed by atoms with E-state index in [1.165, 1.54) is 0 Å². The average molecular weight is 201 g/mol. The van der Waals surface area contributed by atoms with Crippen LogP contribution in [0.25, 0.3) is 0 Å². The Morgan fingerprint density at radius 1 is 1.57 bits per heavy atom. The van der Waals surface area contributed by atoms with Gasteiger partial charge < -0.3 is 15.5 Å². The normalized spacial score (nSPS) is 12.1. The van der Waals surface area contributed by atoms with Gasteiger partial charge in [0.15, 0.2) is 6.04 Å². The van der Waals surface area contributed by atoms with Crippen LogP contribution in [0.4, 0.5) is 0 Å². The van der Waals surface area contributed by atoms with Crippen molar-refractivity contribution in [3.8, 4) is 0 Å². The van der Waals surface area contributed by atoms with Crippen molar-refractivity contribution in [3.05, 3.63) is 5.82 Å². The second-order valence-corrected chi connectivity index (χ2v) is 2.28. The molecule has 0 fully saturated rings. The zero-order chi connectivity index (χ0) is 10.6. The molecule has 0 unspecified atom stereocenters. The van der Waals surface area contributed by atoms with E-state index in [2.05, 4.69) is 15.4 Å². The summed E-state index contributed by atoms with van der Waals surface area (Å²) in [5, 5.41) is 30.9. The summed E-state index contributed by atoms with van der Waals surface area (Å²) in [7, 11) is 0. The Labute approximate surface area is 77.1 Å². The highest BCUT2D eigenvalue weighted by atomic mass is 16.4. The number of rotatable bonds is 4. The summed E-state index contributed by atoms with van der Waals surface area (Å²) in [6.45, 7) is -0.709. The quantitative estimate of drug-likeness (QED) is 0.417. The summed E-state index contributed by atoms with van der Waals surface area (Å²) in [5.74, 6) is -2.45. The van der Waals surface area contributed by atoms with E-state index in [9.17, 15) is 9.59 Å². The zero-order valence-electron chi connectivity index (χ0n) is 6.84. The van der Waals surface area contributed by atoms with Crippen molar-refractivity contribution in [2.75, 3.05) is 6.61 Å². The van der Waals surface area contributed by atoms with Crippen molar-refractivity contribution in [2.45, 2.75) is 6.04 Å². The number of hydrogen-bond donors (Lipinski definition) is 4. The standard InChI is InChI=1S/C5H7N5O4/c11-1-2(5(13)14)6-4(12)3-7-9-10-8-3/h2,11H,1H2,(H,6,12)(H,13,14)(H,7,8,9,10)/t2-/m1/s1. The highest BCUT2D eigenvalue weighted by molar-refractivity contribution is 5.93. The van der Waals surface area contributed by atoms with Crippen LogP contribution in [0.2, 0.25) is 0 Å². The first-order chi connectivity index (χ1) is 6.65. The summed E-state index contributed by atoms with van der Waals surface area (Å²) in [4.78, 5) is 21.5. The van der Waals surface area contributed by atoms with Crippen LogP contribution < -0.4 is 5.32 Å². The molecule has 1 heterocycles. The van der Waals surface area contributed by atoms with Crippen LogP contribution in [0.15, 0.2) is 0 Å². The Morgan fingerprint density at radius 3 is 2.71 bits per heavy atom. The number of aliphatic carboxylic acids is 1. The fourth-order valence-corrected chi connectivity index (χ4v) is 0.666. The minimum Gasteiger partial charge on any atom is -0.480 e. The number of tetrazole rings is 1. The van der Waals surface area contributed by atoms with Crippen molar-refractivity contribution in [1.82, 2.24) is 25.9 Å². The molecule has 14 heavy (non-hydrogen) atoms. The molecule has 0 aliphatic heterocycles. The van der Waals surface area contributed by atoms with Crippen LogP contribution in [0.5, 0.6) is 0 Å². The monoisotopic (exact) mass is 201 g/mol. The number of H-pyrrole nitrogens is 1. The number of aliphatic hydroxyl groups is 1. The van der Waals surface area contributed by atoms with Gasteiger partial charge in [0.25, 0.3) is 11.7 Å². The lowest BCUT2D eigenvalue weighted by Crippen LogP contribution is -2.43. The third-order valence-corrected chi connectivity index (χ3v) is 1.33. The first-order valence-electron chi connectivity index (χ1n) is 3.53. The molecule has 1 rings (SSSR count). The lowest BCUT2D eigenvalue weighted by Gasteiger charge is -2.08. The van der Waals surface area contributed by atoms with Crippen LogP contribution in [0.3, 0.4) is 0 Å². The van der Waals surface area contributed by atoms with E-state index >= 15 is 0 Å². The molecule has 0 saturated carbocycles. The van der Waals surface area contributed by atoms with Crippen LogP contribution in [-0.2, 0) is 4.79 Å². The molecule has 0 radical (unpaired) electrons. The number of aromatic amines is 1. The van der Waals surface area contributed by atoms with Gasteiger partial charge in [0, 0.05) is 0 Å². The Morgan fingerprint density at radius 2 is 2.29 bits per heavy atom. The summed E-state index contributed by atoms with van der Waals surface area (Å²) in [5.41, 5.74) is 0. The number of aliphatic hydroxyl groups excluding tert-OH is 1. The van der Waals surface area contributed by atoms with Crippen molar-refractivity contribution in [2.24, 2.45) is 0 Å². The van der Waals surface area contributed by atoms with E-state index in [0.29, 0.717) is 0 Å². The molecular weight excluding hydrogens is 194 g/mol. The number of amides is 1. The van der Waals surface area contributed by atoms with Gasteiger partial charge in [0.05, 0.1) is 6.61 Å². The van der Waals surface area contributed by atoms with Crippen molar-refractivity contribution in [1.29, 1.82) is 0 Å². The Hall–Kier alpha value is -2.03. The molecule has 1 aromatic heterocycles. The molecule has 1 aromatic rings. The molecule has 0 aromatic carbocycles. The molecule has 1 amide bonds. The molecule has 9 nitrogen and oxygen atoms in total. The van der Waals surface area contributed by atoms with E-state index in [1.807, 2.05) is 10.5 Å². The molecule has 0 aliphatic rings. The third-order valence-electron chi connectivity index (χ3n) is 1.33. The van der Waals surface area contributed by atoms with E-state index in [-0.39, 0.29) is 5.82 Å². The largest absolute Gasteiger partial charge is 0.480 e. The maximum atomic E-state index is 11.1. The third kappa shape index (κ3) is 2.23. The van der Waals surface area contributed by atoms with Crippen molar-refractivity contribution < 1.29 is 19.8 Å². The molecule has 9 heteroatoms. The number of carbonyl (C=O) groups is 2. The summed E-state index contributed by atoms with van der Waals surface area (Å²) in [6, 6.07) is -1.37. The van der Waals surface area contributed by atoms with Crippen molar-refractivity contribution in [3.63, 3.8) is 0 Å². The molecule has 0 bridgehead atoms. The first kappa shape index (κ1) is 10.1. The van der Waals surface area contributed by atoms with E-state index in [0.717, 1.165) is 0 Å². The van der Waals surface area contributed by atoms with Gasteiger partial charge in [-0.1, -0.05) is 0 Å². The van der Waals surface area contributed by atoms with Crippen LogP contribution >= 0.6 is 0 Å². The van der Waals surface area contributed by atoms with Gasteiger partial charge in [-0.05, 0) is 5.21 Å². The summed E-state index contributed by atoms with van der Waals surface area (Å²) in [6.07, 6.45) is 0. The van der Waals surface area contributed by atoms with Gasteiger partial charge in [-0.15, -0.1) is 10.2 Å². The topological polar surface area (TPSA) is 141 Å². The van der Waals surface area contributed by atoms with E-state index in [4.69, 9.17) is 10.2 Å². The highest BCUT2D eigenvalue weighted by Gasteiger charge is 2.21. The maximum absolute atomic E-state index is 11.1. The van der Waals surface area contributed by atoms with E-state index in [1.54, 1.807) is 0 Å². The fourth-order valence-electron chi connectivity index (χ4n) is 0.666. The molecule has 76 valence electrons. The van der Waals surface area contributed by atoms with Crippen LogP contribution in [-0.4, -0.2) is 55.4 Å². The predicted molar refractivity (Wildman–Crippen MR) is 40.2 cm³/mol. The number of hydrogen-bond acceptors (Lipinski definition) is 6. The van der Waals surface area contributed by atoms with Gasteiger partial charge >= 0.3 is 5.97 Å². The Bertz CT molecular complexity index is 323. The minimum atomic E-state index is -1.37.